The Bertz CT molecular complexity index is 812. The second-order valence-corrected chi connectivity index (χ2v) is 6.50. The van der Waals surface area contributed by atoms with Gasteiger partial charge < -0.3 is 10.1 Å². The Balaban J connectivity index is 2.37. The first-order valence-corrected chi connectivity index (χ1v) is 8.73. The topological polar surface area (TPSA) is 62.1 Å². The van der Waals surface area contributed by atoms with E-state index in [-0.39, 0.29) is 5.57 Å². The van der Waals surface area contributed by atoms with E-state index >= 15 is 0 Å². The van der Waals surface area contributed by atoms with Crippen molar-refractivity contribution in [3.8, 4) is 11.8 Å². The van der Waals surface area contributed by atoms with Crippen LogP contribution in [0.4, 0.5) is 5.69 Å². The van der Waals surface area contributed by atoms with Gasteiger partial charge in [-0.25, -0.2) is 0 Å². The van der Waals surface area contributed by atoms with Crippen molar-refractivity contribution in [2.24, 2.45) is 0 Å². The van der Waals surface area contributed by atoms with E-state index in [0.717, 1.165) is 8.95 Å². The van der Waals surface area contributed by atoms with Crippen molar-refractivity contribution in [1.29, 1.82) is 5.26 Å². The molecule has 0 atom stereocenters. The van der Waals surface area contributed by atoms with E-state index in [0.29, 0.717) is 23.6 Å². The van der Waals surface area contributed by atoms with E-state index in [1.54, 1.807) is 18.2 Å². The summed E-state index contributed by atoms with van der Waals surface area (Å²) in [7, 11) is 0. The van der Waals surface area contributed by atoms with E-state index < -0.39 is 5.91 Å². The molecule has 2 rings (SSSR count). The van der Waals surface area contributed by atoms with Gasteiger partial charge in [-0.1, -0.05) is 34.1 Å². The lowest BCUT2D eigenvalue weighted by Gasteiger charge is -2.11. The van der Waals surface area contributed by atoms with Crippen molar-refractivity contribution >= 4 is 49.5 Å². The minimum Gasteiger partial charge on any atom is -0.492 e. The number of nitriles is 1. The lowest BCUT2D eigenvalue weighted by atomic mass is 10.1. The maximum Gasteiger partial charge on any atom is 0.266 e. The number of anilines is 1. The summed E-state index contributed by atoms with van der Waals surface area (Å²) in [4.78, 5) is 12.3. The molecule has 0 aliphatic carbocycles. The largest absolute Gasteiger partial charge is 0.492 e. The van der Waals surface area contributed by atoms with Crippen LogP contribution in [0.1, 0.15) is 12.5 Å². The molecule has 0 aliphatic heterocycles. The molecule has 6 heteroatoms. The molecule has 2 aromatic carbocycles. The lowest BCUT2D eigenvalue weighted by Crippen LogP contribution is -2.13. The van der Waals surface area contributed by atoms with Crippen LogP contribution in [0.5, 0.6) is 5.75 Å². The van der Waals surface area contributed by atoms with Crippen LogP contribution in [-0.2, 0) is 4.79 Å². The molecule has 0 bridgehead atoms. The highest BCUT2D eigenvalue weighted by molar-refractivity contribution is 9.11. The molecular weight excluding hydrogens is 436 g/mol. The van der Waals surface area contributed by atoms with Crippen molar-refractivity contribution in [2.45, 2.75) is 6.92 Å². The fourth-order valence-corrected chi connectivity index (χ4v) is 3.38. The highest BCUT2D eigenvalue weighted by atomic mass is 79.9. The summed E-state index contributed by atoms with van der Waals surface area (Å²) in [5.74, 6) is 0.114. The van der Waals surface area contributed by atoms with E-state index in [2.05, 4.69) is 37.2 Å². The van der Waals surface area contributed by atoms with Gasteiger partial charge in [0.15, 0.2) is 0 Å². The van der Waals surface area contributed by atoms with Gasteiger partial charge in [0, 0.05) is 15.7 Å². The summed E-state index contributed by atoms with van der Waals surface area (Å²) in [6, 6.07) is 14.6. The van der Waals surface area contributed by atoms with Gasteiger partial charge >= 0.3 is 0 Å². The monoisotopic (exact) mass is 448 g/mol. The molecule has 0 saturated carbocycles. The van der Waals surface area contributed by atoms with Gasteiger partial charge in [0.2, 0.25) is 0 Å². The van der Waals surface area contributed by atoms with Crippen LogP contribution >= 0.6 is 31.9 Å². The SMILES string of the molecule is CCOc1c(Br)cc(Br)cc1/C=C(\C#N)C(=O)Nc1ccccc1. The zero-order valence-corrected chi connectivity index (χ0v) is 16.0. The molecule has 24 heavy (non-hydrogen) atoms. The normalized spacial score (nSPS) is 10.8. The fraction of sp³-hybridized carbons (Fsp3) is 0.111. The third-order valence-electron chi connectivity index (χ3n) is 3.02. The predicted molar refractivity (Wildman–Crippen MR) is 102 cm³/mol. The number of amides is 1. The molecule has 0 aliphatic rings. The van der Waals surface area contributed by atoms with Crippen molar-refractivity contribution in [3.05, 3.63) is 62.5 Å². The van der Waals surface area contributed by atoms with Gasteiger partial charge in [-0.3, -0.25) is 4.79 Å². The zero-order chi connectivity index (χ0) is 17.5. The van der Waals surface area contributed by atoms with Gasteiger partial charge in [-0.15, -0.1) is 0 Å². The maximum atomic E-state index is 12.3. The summed E-state index contributed by atoms with van der Waals surface area (Å²) in [6.07, 6.45) is 1.51. The van der Waals surface area contributed by atoms with Crippen LogP contribution < -0.4 is 10.1 Å². The lowest BCUT2D eigenvalue weighted by molar-refractivity contribution is -0.112. The predicted octanol–water partition coefficient (Wildman–Crippen LogP) is 5.16. The number of rotatable bonds is 5. The Morgan fingerprint density at radius 1 is 1.29 bits per heavy atom. The molecule has 0 aromatic heterocycles. The number of nitrogens with one attached hydrogen (secondary N) is 1. The highest BCUT2D eigenvalue weighted by Crippen LogP contribution is 2.34. The van der Waals surface area contributed by atoms with Gasteiger partial charge in [0.1, 0.15) is 17.4 Å². The Hall–Kier alpha value is -2.10. The Morgan fingerprint density at radius 2 is 2.00 bits per heavy atom. The number of nitrogens with zero attached hydrogens (tertiary/aromatic N) is 1. The standard InChI is InChI=1S/C18H14Br2N2O2/c1-2-24-17-12(9-14(19)10-16(17)20)8-13(11-21)18(23)22-15-6-4-3-5-7-15/h3-10H,2H2,1H3,(H,22,23)/b13-8+. The summed E-state index contributed by atoms with van der Waals surface area (Å²) in [5.41, 5.74) is 1.26. The molecular formula is C18H14Br2N2O2. The molecule has 4 nitrogen and oxygen atoms in total. The van der Waals surface area contributed by atoms with Crippen molar-refractivity contribution < 1.29 is 9.53 Å². The number of halogens is 2. The number of para-hydroxylation sites is 1. The zero-order valence-electron chi connectivity index (χ0n) is 12.8. The van der Waals surface area contributed by atoms with Crippen LogP contribution in [0, 0.1) is 11.3 Å². The molecule has 2 aromatic rings. The van der Waals surface area contributed by atoms with Gasteiger partial charge in [0.25, 0.3) is 5.91 Å². The first-order valence-electron chi connectivity index (χ1n) is 7.15. The molecule has 0 unspecified atom stereocenters. The number of ether oxygens (including phenoxy) is 1. The summed E-state index contributed by atoms with van der Waals surface area (Å²) in [6.45, 7) is 2.34. The van der Waals surface area contributed by atoms with Crippen LogP contribution in [0.15, 0.2) is 57.0 Å². The molecule has 1 amide bonds. The molecule has 0 fully saturated rings. The third-order valence-corrected chi connectivity index (χ3v) is 4.07. The van der Waals surface area contributed by atoms with Gasteiger partial charge in [-0.05, 0) is 53.2 Å². The van der Waals surface area contributed by atoms with Crippen molar-refractivity contribution in [3.63, 3.8) is 0 Å². The van der Waals surface area contributed by atoms with Crippen LogP contribution in [0.2, 0.25) is 0 Å². The molecule has 122 valence electrons. The van der Waals surface area contributed by atoms with Gasteiger partial charge in [0.05, 0.1) is 11.1 Å². The minimum absolute atomic E-state index is 0.00944. The van der Waals surface area contributed by atoms with Crippen molar-refractivity contribution in [2.75, 3.05) is 11.9 Å². The molecule has 0 spiro atoms. The minimum atomic E-state index is -0.470. The molecule has 0 heterocycles. The number of hydrogen-bond donors (Lipinski definition) is 1. The first-order chi connectivity index (χ1) is 11.5. The fourth-order valence-electron chi connectivity index (χ4n) is 2.01. The smallest absolute Gasteiger partial charge is 0.266 e. The highest BCUT2D eigenvalue weighted by Gasteiger charge is 2.13. The number of carbonyl (C=O) groups excluding carboxylic acids is 1. The quantitative estimate of drug-likeness (QED) is 0.506. The second kappa shape index (κ2) is 8.67. The summed E-state index contributed by atoms with van der Waals surface area (Å²) >= 11 is 6.84. The number of benzene rings is 2. The summed E-state index contributed by atoms with van der Waals surface area (Å²) in [5, 5.41) is 12.1. The molecule has 0 saturated heterocycles. The number of hydrogen-bond acceptors (Lipinski definition) is 3. The van der Waals surface area contributed by atoms with E-state index in [1.165, 1.54) is 6.08 Å². The third kappa shape index (κ3) is 4.70. The summed E-state index contributed by atoms with van der Waals surface area (Å²) < 4.78 is 7.16. The molecule has 0 radical (unpaired) electrons. The average Bonchev–Trinajstić information content (AvgIpc) is 2.56. The van der Waals surface area contributed by atoms with Crippen LogP contribution in [0.25, 0.3) is 6.08 Å². The van der Waals surface area contributed by atoms with Gasteiger partial charge in [-0.2, -0.15) is 5.26 Å². The maximum absolute atomic E-state index is 12.3. The van der Waals surface area contributed by atoms with Crippen LogP contribution in [-0.4, -0.2) is 12.5 Å². The van der Waals surface area contributed by atoms with E-state index in [4.69, 9.17) is 4.74 Å². The Labute approximate surface area is 157 Å². The Morgan fingerprint density at radius 3 is 2.62 bits per heavy atom. The Kier molecular flexibility index (Phi) is 6.59. The van der Waals surface area contributed by atoms with E-state index in [9.17, 15) is 10.1 Å². The number of carbonyl (C=O) groups is 1. The molecule has 1 N–H and O–H groups in total. The van der Waals surface area contributed by atoms with Crippen LogP contribution in [0.3, 0.4) is 0 Å². The van der Waals surface area contributed by atoms with E-state index in [1.807, 2.05) is 37.3 Å². The first kappa shape index (κ1) is 18.2. The van der Waals surface area contributed by atoms with Crippen molar-refractivity contribution in [1.82, 2.24) is 0 Å². The second-order valence-electron chi connectivity index (χ2n) is 4.73. The average molecular weight is 450 g/mol.